The van der Waals surface area contributed by atoms with E-state index in [1.165, 1.54) is 0 Å². The third-order valence-corrected chi connectivity index (χ3v) is 5.19. The molecule has 3 aromatic rings. The molecule has 3 rings (SSSR count). The lowest BCUT2D eigenvalue weighted by Crippen LogP contribution is -2.34. The van der Waals surface area contributed by atoms with Crippen LogP contribution in [0.1, 0.15) is 27.2 Å². The molecule has 8 nitrogen and oxygen atoms in total. The minimum Gasteiger partial charge on any atom is -0.465 e. The Labute approximate surface area is 183 Å². The third kappa shape index (κ3) is 5.04. The Hall–Kier alpha value is -3.36. The largest absolute Gasteiger partial charge is 0.465 e. The van der Waals surface area contributed by atoms with E-state index in [0.717, 1.165) is 0 Å². The number of carboxylic acid groups (broad SMARTS) is 1. The highest BCUT2D eigenvalue weighted by Gasteiger charge is 2.21. The van der Waals surface area contributed by atoms with E-state index in [2.05, 4.69) is 10.6 Å². The van der Waals surface area contributed by atoms with Gasteiger partial charge in [0.1, 0.15) is 0 Å². The zero-order valence-corrected chi connectivity index (χ0v) is 17.6. The molecule has 1 heterocycles. The molecule has 0 aliphatic heterocycles. The number of nitrogens with zero attached hydrogens (tertiary/aromatic N) is 1. The Morgan fingerprint density at radius 3 is 2.35 bits per heavy atom. The molecule has 0 fully saturated rings. The van der Waals surface area contributed by atoms with Crippen LogP contribution in [0.25, 0.3) is 10.9 Å². The van der Waals surface area contributed by atoms with E-state index in [9.17, 15) is 19.5 Å². The second-order valence-electron chi connectivity index (χ2n) is 6.98. The van der Waals surface area contributed by atoms with Crippen LogP contribution in [0.4, 0.5) is 4.79 Å². The van der Waals surface area contributed by atoms with Crippen molar-refractivity contribution >= 4 is 40.4 Å². The van der Waals surface area contributed by atoms with Gasteiger partial charge in [-0.2, -0.15) is 0 Å². The number of benzene rings is 2. The Morgan fingerprint density at radius 1 is 1.03 bits per heavy atom. The van der Waals surface area contributed by atoms with Gasteiger partial charge in [-0.25, -0.2) is 4.79 Å². The Kier molecular flexibility index (Phi) is 6.94. The summed E-state index contributed by atoms with van der Waals surface area (Å²) < 4.78 is 1.55. The van der Waals surface area contributed by atoms with E-state index >= 15 is 0 Å². The first kappa shape index (κ1) is 22.3. The van der Waals surface area contributed by atoms with Crippen LogP contribution in [-0.2, 0) is 17.8 Å². The molecule has 0 bridgehead atoms. The van der Waals surface area contributed by atoms with Gasteiger partial charge in [-0.3, -0.25) is 14.2 Å². The molecule has 4 N–H and O–H groups in total. The van der Waals surface area contributed by atoms with Gasteiger partial charge in [0.25, 0.3) is 5.91 Å². The maximum atomic E-state index is 13.2. The van der Waals surface area contributed by atoms with Gasteiger partial charge in [0, 0.05) is 34.8 Å². The van der Waals surface area contributed by atoms with Crippen molar-refractivity contribution in [3.8, 4) is 0 Å². The molecule has 2 amide bonds. The van der Waals surface area contributed by atoms with Gasteiger partial charge in [-0.1, -0.05) is 17.7 Å². The molecule has 31 heavy (non-hydrogen) atoms. The summed E-state index contributed by atoms with van der Waals surface area (Å²) in [6, 6.07) is 11.8. The van der Waals surface area contributed by atoms with Crippen LogP contribution < -0.4 is 10.6 Å². The maximum Gasteiger partial charge on any atom is 0.404 e. The Morgan fingerprint density at radius 2 is 1.71 bits per heavy atom. The molecule has 0 atom stereocenters. The highest BCUT2D eigenvalue weighted by atomic mass is 35.5. The molecule has 0 unspecified atom stereocenters. The number of aromatic nitrogens is 1. The van der Waals surface area contributed by atoms with E-state index in [4.69, 9.17) is 16.7 Å². The van der Waals surface area contributed by atoms with Crippen molar-refractivity contribution in [3.63, 3.8) is 0 Å². The SMILES string of the molecule is Cc1c(CC(=O)NCCNC(=O)O)c2cc(CO)ccc2n1C(=O)c1ccc(Cl)cc1. The minimum atomic E-state index is -1.16. The van der Waals surface area contributed by atoms with Gasteiger partial charge in [-0.05, 0) is 54.4 Å². The quantitative estimate of drug-likeness (QED) is 0.418. The molecule has 0 aliphatic carbocycles. The number of amides is 2. The molecule has 0 saturated carbocycles. The summed E-state index contributed by atoms with van der Waals surface area (Å²) >= 11 is 5.93. The molecular formula is C22H22ClN3O5. The fraction of sp³-hybridized carbons (Fsp3) is 0.227. The maximum absolute atomic E-state index is 13.2. The predicted octanol–water partition coefficient (Wildman–Crippen LogP) is 2.71. The van der Waals surface area contributed by atoms with Gasteiger partial charge in [-0.15, -0.1) is 0 Å². The van der Waals surface area contributed by atoms with Crippen LogP contribution in [0.5, 0.6) is 0 Å². The molecule has 9 heteroatoms. The minimum absolute atomic E-state index is 0.00514. The van der Waals surface area contributed by atoms with Crippen molar-refractivity contribution in [1.82, 2.24) is 15.2 Å². The number of rotatable bonds is 7. The highest BCUT2D eigenvalue weighted by molar-refractivity contribution is 6.30. The Balaban J connectivity index is 1.96. The highest BCUT2D eigenvalue weighted by Crippen LogP contribution is 2.29. The number of carbonyl (C=O) groups is 3. The number of hydrogen-bond acceptors (Lipinski definition) is 4. The number of nitrogens with one attached hydrogen (secondary N) is 2. The average molecular weight is 444 g/mol. The zero-order valence-electron chi connectivity index (χ0n) is 16.8. The normalized spacial score (nSPS) is 10.8. The number of fused-ring (bicyclic) bond motifs is 1. The third-order valence-electron chi connectivity index (χ3n) is 4.94. The average Bonchev–Trinajstić information content (AvgIpc) is 3.01. The van der Waals surface area contributed by atoms with Crippen molar-refractivity contribution in [2.45, 2.75) is 20.0 Å². The Bertz CT molecular complexity index is 1140. The summed E-state index contributed by atoms with van der Waals surface area (Å²) in [5.41, 5.74) is 3.02. The summed E-state index contributed by atoms with van der Waals surface area (Å²) in [5, 5.41) is 24.2. The molecule has 0 spiro atoms. The first-order valence-corrected chi connectivity index (χ1v) is 9.97. The second kappa shape index (κ2) is 9.63. The van der Waals surface area contributed by atoms with E-state index in [1.54, 1.807) is 54.0 Å². The van der Waals surface area contributed by atoms with E-state index in [-0.39, 0.29) is 37.9 Å². The topological polar surface area (TPSA) is 121 Å². The van der Waals surface area contributed by atoms with Crippen LogP contribution in [0.2, 0.25) is 5.02 Å². The molecule has 1 aromatic heterocycles. The van der Waals surface area contributed by atoms with Gasteiger partial charge in [0.05, 0.1) is 18.5 Å². The summed E-state index contributed by atoms with van der Waals surface area (Å²) in [7, 11) is 0. The number of aliphatic hydroxyl groups is 1. The van der Waals surface area contributed by atoms with Crippen LogP contribution in [0.3, 0.4) is 0 Å². The molecule has 0 radical (unpaired) electrons. The number of halogens is 1. The van der Waals surface area contributed by atoms with E-state index < -0.39 is 6.09 Å². The van der Waals surface area contributed by atoms with Crippen molar-refractivity contribution < 1.29 is 24.6 Å². The van der Waals surface area contributed by atoms with Crippen LogP contribution >= 0.6 is 11.6 Å². The predicted molar refractivity (Wildman–Crippen MR) is 117 cm³/mol. The summed E-state index contributed by atoms with van der Waals surface area (Å²) in [6.45, 7) is 1.83. The van der Waals surface area contributed by atoms with Crippen molar-refractivity contribution in [2.75, 3.05) is 13.1 Å². The van der Waals surface area contributed by atoms with Gasteiger partial charge in [0.15, 0.2) is 0 Å². The van der Waals surface area contributed by atoms with Crippen LogP contribution in [0, 0.1) is 6.92 Å². The molecular weight excluding hydrogens is 422 g/mol. The molecule has 162 valence electrons. The number of hydrogen-bond donors (Lipinski definition) is 4. The van der Waals surface area contributed by atoms with Crippen molar-refractivity contribution in [3.05, 3.63) is 69.9 Å². The summed E-state index contributed by atoms with van der Waals surface area (Å²) in [5.74, 6) is -0.559. The summed E-state index contributed by atoms with van der Waals surface area (Å²) in [4.78, 5) is 36.2. The van der Waals surface area contributed by atoms with Gasteiger partial charge in [0.2, 0.25) is 5.91 Å². The molecule has 0 saturated heterocycles. The van der Waals surface area contributed by atoms with Crippen molar-refractivity contribution in [1.29, 1.82) is 0 Å². The lowest BCUT2D eigenvalue weighted by molar-refractivity contribution is -0.120. The lowest BCUT2D eigenvalue weighted by atomic mass is 10.1. The smallest absolute Gasteiger partial charge is 0.404 e. The fourth-order valence-corrected chi connectivity index (χ4v) is 3.56. The molecule has 0 aliphatic rings. The van der Waals surface area contributed by atoms with Crippen LogP contribution in [-0.4, -0.2) is 45.8 Å². The fourth-order valence-electron chi connectivity index (χ4n) is 3.43. The van der Waals surface area contributed by atoms with Gasteiger partial charge < -0.3 is 20.8 Å². The summed E-state index contributed by atoms with van der Waals surface area (Å²) in [6.07, 6.45) is -1.16. The number of aliphatic hydroxyl groups excluding tert-OH is 1. The second-order valence-corrected chi connectivity index (χ2v) is 7.42. The molecule has 2 aromatic carbocycles. The zero-order chi connectivity index (χ0) is 22.5. The monoisotopic (exact) mass is 443 g/mol. The lowest BCUT2D eigenvalue weighted by Gasteiger charge is -2.08. The van der Waals surface area contributed by atoms with Crippen LogP contribution in [0.15, 0.2) is 42.5 Å². The van der Waals surface area contributed by atoms with Gasteiger partial charge >= 0.3 is 6.09 Å². The first-order valence-electron chi connectivity index (χ1n) is 9.59. The first-order chi connectivity index (χ1) is 14.8. The van der Waals surface area contributed by atoms with E-state index in [1.807, 2.05) is 0 Å². The number of carbonyl (C=O) groups excluding carboxylic acids is 2. The standard InChI is InChI=1S/C22H22ClN3O5/c1-13-17(11-20(28)24-8-9-25-22(30)31)18-10-14(12-27)2-7-19(18)26(13)21(29)15-3-5-16(23)6-4-15/h2-7,10,25,27H,8-9,11-12H2,1H3,(H,24,28)(H,30,31). The van der Waals surface area contributed by atoms with E-state index in [0.29, 0.717) is 38.3 Å². The van der Waals surface area contributed by atoms with Crippen molar-refractivity contribution in [2.24, 2.45) is 0 Å².